The topological polar surface area (TPSA) is 75.2 Å². The van der Waals surface area contributed by atoms with E-state index in [0.717, 1.165) is 5.69 Å². The van der Waals surface area contributed by atoms with Gasteiger partial charge < -0.3 is 0 Å². The van der Waals surface area contributed by atoms with Crippen LogP contribution < -0.4 is 5.32 Å². The third-order valence-corrected chi connectivity index (χ3v) is 3.06. The van der Waals surface area contributed by atoms with Crippen molar-refractivity contribution in [1.82, 2.24) is 20.2 Å². The molecule has 1 aliphatic rings. The molecule has 1 unspecified atom stereocenters. The average Bonchev–Trinajstić information content (AvgIpc) is 2.62. The molecule has 1 aromatic rings. The third-order valence-electron chi connectivity index (χ3n) is 3.06. The highest BCUT2D eigenvalue weighted by Gasteiger charge is 2.39. The van der Waals surface area contributed by atoms with E-state index in [2.05, 4.69) is 15.3 Å². The van der Waals surface area contributed by atoms with Gasteiger partial charge in [0.05, 0.1) is 18.2 Å². The van der Waals surface area contributed by atoms with E-state index in [-0.39, 0.29) is 24.3 Å². The van der Waals surface area contributed by atoms with Crippen molar-refractivity contribution in [1.29, 1.82) is 0 Å². The van der Waals surface area contributed by atoms with Crippen molar-refractivity contribution in [2.24, 2.45) is 0 Å². The summed E-state index contributed by atoms with van der Waals surface area (Å²) in [4.78, 5) is 33.4. The smallest absolute Gasteiger partial charge is 0.247 e. The van der Waals surface area contributed by atoms with Crippen molar-refractivity contribution in [2.75, 3.05) is 0 Å². The molecular weight excluding hydrogens is 244 g/mol. The molecule has 2 heterocycles. The first kappa shape index (κ1) is 13.6. The number of amides is 2. The van der Waals surface area contributed by atoms with Crippen LogP contribution in [0.5, 0.6) is 0 Å². The van der Waals surface area contributed by atoms with Crippen LogP contribution in [0.4, 0.5) is 0 Å². The van der Waals surface area contributed by atoms with Crippen molar-refractivity contribution in [3.8, 4) is 0 Å². The van der Waals surface area contributed by atoms with Gasteiger partial charge in [0, 0.05) is 18.8 Å². The molecule has 6 nitrogen and oxygen atoms in total. The van der Waals surface area contributed by atoms with Gasteiger partial charge in [-0.1, -0.05) is 0 Å². The van der Waals surface area contributed by atoms with Gasteiger partial charge in [0.1, 0.15) is 5.82 Å². The maximum Gasteiger partial charge on any atom is 0.247 e. The van der Waals surface area contributed by atoms with Crippen molar-refractivity contribution >= 4 is 11.8 Å². The summed E-state index contributed by atoms with van der Waals surface area (Å²) >= 11 is 0. The minimum Gasteiger partial charge on any atom is -0.300 e. The number of aryl methyl sites for hydroxylation is 1. The van der Waals surface area contributed by atoms with E-state index in [1.807, 2.05) is 20.8 Å². The van der Waals surface area contributed by atoms with Crippen LogP contribution in [0.25, 0.3) is 0 Å². The van der Waals surface area contributed by atoms with Crippen molar-refractivity contribution < 1.29 is 9.59 Å². The first-order valence-corrected chi connectivity index (χ1v) is 6.37. The Balaban J connectivity index is 1.98. The summed E-state index contributed by atoms with van der Waals surface area (Å²) in [5, 5.41) is 3.09. The number of nitrogens with zero attached hydrogens (tertiary/aromatic N) is 3. The largest absolute Gasteiger partial charge is 0.300 e. The van der Waals surface area contributed by atoms with E-state index in [0.29, 0.717) is 12.4 Å². The second kappa shape index (κ2) is 5.44. The van der Waals surface area contributed by atoms with E-state index >= 15 is 0 Å². The van der Waals surface area contributed by atoms with Crippen LogP contribution in [0, 0.1) is 6.92 Å². The summed E-state index contributed by atoms with van der Waals surface area (Å²) in [6, 6.07) is 1.26. The van der Waals surface area contributed by atoms with Crippen LogP contribution >= 0.6 is 0 Å². The molecule has 0 radical (unpaired) electrons. The van der Waals surface area contributed by atoms with Gasteiger partial charge in [0.25, 0.3) is 0 Å². The lowest BCUT2D eigenvalue weighted by atomic mass is 10.2. The summed E-state index contributed by atoms with van der Waals surface area (Å²) in [7, 11) is 0. The van der Waals surface area contributed by atoms with Crippen LogP contribution in [-0.4, -0.2) is 38.8 Å². The molecule has 0 aromatic carbocycles. The zero-order valence-corrected chi connectivity index (χ0v) is 11.4. The highest BCUT2D eigenvalue weighted by atomic mass is 16.2. The molecule has 102 valence electrons. The van der Waals surface area contributed by atoms with Crippen molar-refractivity contribution in [2.45, 2.75) is 45.8 Å². The van der Waals surface area contributed by atoms with E-state index in [9.17, 15) is 9.59 Å². The van der Waals surface area contributed by atoms with Gasteiger partial charge in [-0.25, -0.2) is 9.97 Å². The van der Waals surface area contributed by atoms with Gasteiger partial charge in [-0.2, -0.15) is 0 Å². The Kier molecular flexibility index (Phi) is 3.90. The lowest BCUT2D eigenvalue weighted by molar-refractivity contribution is -0.140. The Labute approximate surface area is 112 Å². The highest BCUT2D eigenvalue weighted by Crippen LogP contribution is 2.16. The minimum atomic E-state index is -0.440. The fourth-order valence-corrected chi connectivity index (χ4v) is 2.18. The second-order valence-corrected chi connectivity index (χ2v) is 4.93. The normalized spacial score (nSPS) is 19.6. The van der Waals surface area contributed by atoms with Crippen LogP contribution in [0.1, 0.15) is 31.8 Å². The standard InChI is InChI=1S/C13H18N4O2/c1-8(2)17-12(18)6-11(13(17)19)15-7-10-4-5-14-9(3)16-10/h4-5,8,11,15H,6-7H2,1-3H3. The fraction of sp³-hybridized carbons (Fsp3) is 0.538. The Morgan fingerprint density at radius 3 is 2.79 bits per heavy atom. The molecule has 2 amide bonds. The molecule has 1 aromatic heterocycles. The zero-order valence-electron chi connectivity index (χ0n) is 11.4. The number of carbonyl (C=O) groups is 2. The van der Waals surface area contributed by atoms with Gasteiger partial charge >= 0.3 is 0 Å². The van der Waals surface area contributed by atoms with E-state index in [1.165, 1.54) is 4.90 Å². The Morgan fingerprint density at radius 2 is 2.21 bits per heavy atom. The van der Waals surface area contributed by atoms with Crippen LogP contribution in [0.3, 0.4) is 0 Å². The van der Waals surface area contributed by atoms with Gasteiger partial charge in [0.15, 0.2) is 0 Å². The summed E-state index contributed by atoms with van der Waals surface area (Å²) < 4.78 is 0. The number of rotatable bonds is 4. The number of likely N-dealkylation sites (tertiary alicyclic amines) is 1. The third kappa shape index (κ3) is 2.96. The predicted octanol–water partition coefficient (Wildman–Crippen LogP) is 0.411. The number of nitrogens with one attached hydrogen (secondary N) is 1. The zero-order chi connectivity index (χ0) is 14.0. The molecule has 1 atom stereocenters. The quantitative estimate of drug-likeness (QED) is 0.795. The molecule has 6 heteroatoms. The lowest BCUT2D eigenvalue weighted by Gasteiger charge is -2.19. The molecule has 0 saturated carbocycles. The van der Waals surface area contributed by atoms with Crippen molar-refractivity contribution in [3.05, 3.63) is 23.8 Å². The summed E-state index contributed by atoms with van der Waals surface area (Å²) in [5.74, 6) is 0.430. The molecule has 1 aliphatic heterocycles. The Bertz CT molecular complexity index is 501. The summed E-state index contributed by atoms with van der Waals surface area (Å²) in [6.07, 6.45) is 1.91. The number of hydrogen-bond donors (Lipinski definition) is 1. The molecule has 1 N–H and O–H groups in total. The van der Waals surface area contributed by atoms with Gasteiger partial charge in [-0.3, -0.25) is 19.8 Å². The average molecular weight is 262 g/mol. The second-order valence-electron chi connectivity index (χ2n) is 4.93. The maximum absolute atomic E-state index is 12.1. The molecular formula is C13H18N4O2. The van der Waals surface area contributed by atoms with Gasteiger partial charge in [0.2, 0.25) is 11.8 Å². The van der Waals surface area contributed by atoms with E-state index < -0.39 is 6.04 Å². The first-order valence-electron chi connectivity index (χ1n) is 6.37. The van der Waals surface area contributed by atoms with E-state index in [1.54, 1.807) is 12.3 Å². The maximum atomic E-state index is 12.1. The number of imide groups is 1. The molecule has 2 rings (SSSR count). The minimum absolute atomic E-state index is 0.0897. The highest BCUT2D eigenvalue weighted by molar-refractivity contribution is 6.05. The molecule has 0 bridgehead atoms. The van der Waals surface area contributed by atoms with Crippen molar-refractivity contribution in [3.63, 3.8) is 0 Å². The molecule has 1 fully saturated rings. The monoisotopic (exact) mass is 262 g/mol. The van der Waals surface area contributed by atoms with Crippen LogP contribution in [-0.2, 0) is 16.1 Å². The SMILES string of the molecule is Cc1nccc(CNC2CC(=O)N(C(C)C)C2=O)n1. The molecule has 19 heavy (non-hydrogen) atoms. The number of carbonyl (C=O) groups excluding carboxylic acids is 2. The van der Waals surface area contributed by atoms with E-state index in [4.69, 9.17) is 0 Å². The molecule has 0 spiro atoms. The van der Waals surface area contributed by atoms with Crippen LogP contribution in [0.15, 0.2) is 12.3 Å². The number of aromatic nitrogens is 2. The molecule has 1 saturated heterocycles. The lowest BCUT2D eigenvalue weighted by Crippen LogP contribution is -2.41. The summed E-state index contributed by atoms with van der Waals surface area (Å²) in [6.45, 7) is 5.95. The predicted molar refractivity (Wildman–Crippen MR) is 69.0 cm³/mol. The first-order chi connectivity index (χ1) is 8.99. The van der Waals surface area contributed by atoms with Gasteiger partial charge in [-0.05, 0) is 26.8 Å². The Hall–Kier alpha value is -1.82. The molecule has 0 aliphatic carbocycles. The fourth-order valence-electron chi connectivity index (χ4n) is 2.18. The van der Waals surface area contributed by atoms with Gasteiger partial charge in [-0.15, -0.1) is 0 Å². The van der Waals surface area contributed by atoms with Crippen LogP contribution in [0.2, 0.25) is 0 Å². The Morgan fingerprint density at radius 1 is 1.47 bits per heavy atom. The number of hydrogen-bond acceptors (Lipinski definition) is 5. The summed E-state index contributed by atoms with van der Waals surface area (Å²) in [5.41, 5.74) is 0.816.